The van der Waals surface area contributed by atoms with Gasteiger partial charge in [-0.15, -0.1) is 0 Å². The van der Waals surface area contributed by atoms with Crippen LogP contribution in [0.2, 0.25) is 0 Å². The van der Waals surface area contributed by atoms with E-state index in [1.165, 1.54) is 12.1 Å². The third-order valence-corrected chi connectivity index (χ3v) is 4.44. The lowest BCUT2D eigenvalue weighted by molar-refractivity contribution is 0.0620. The molecule has 3 rings (SSSR count). The number of nitrogens with zero attached hydrogens (tertiary/aromatic N) is 1. The number of piperidine rings is 1. The predicted octanol–water partition coefficient (Wildman–Crippen LogP) is 3.25. The molecule has 1 aliphatic heterocycles. The molecule has 1 aliphatic rings. The summed E-state index contributed by atoms with van der Waals surface area (Å²) >= 11 is 0. The number of hydrogen-bond donors (Lipinski definition) is 1. The van der Waals surface area contributed by atoms with Crippen LogP contribution in [0, 0.1) is 11.7 Å². The van der Waals surface area contributed by atoms with Crippen molar-refractivity contribution in [3.63, 3.8) is 0 Å². The Morgan fingerprint density at radius 1 is 1.24 bits per heavy atom. The van der Waals surface area contributed by atoms with Crippen LogP contribution in [0.3, 0.4) is 0 Å². The molecular formula is C20H22FNO3. The van der Waals surface area contributed by atoms with Crippen LogP contribution in [-0.4, -0.2) is 35.6 Å². The van der Waals surface area contributed by atoms with Crippen LogP contribution in [0.4, 0.5) is 4.39 Å². The van der Waals surface area contributed by atoms with Crippen LogP contribution in [0.15, 0.2) is 48.5 Å². The minimum atomic E-state index is -0.343. The number of likely N-dealkylation sites (tertiary alicyclic amines) is 1. The van der Waals surface area contributed by atoms with E-state index in [2.05, 4.69) is 0 Å². The van der Waals surface area contributed by atoms with Gasteiger partial charge >= 0.3 is 0 Å². The molecule has 0 aliphatic carbocycles. The van der Waals surface area contributed by atoms with E-state index in [0.717, 1.165) is 24.9 Å². The molecule has 1 atom stereocenters. The van der Waals surface area contributed by atoms with Gasteiger partial charge in [-0.3, -0.25) is 4.79 Å². The molecule has 0 saturated carbocycles. The van der Waals surface area contributed by atoms with E-state index >= 15 is 0 Å². The fourth-order valence-electron chi connectivity index (χ4n) is 3.10. The highest BCUT2D eigenvalue weighted by Crippen LogP contribution is 2.19. The molecule has 0 spiro atoms. The Balaban J connectivity index is 1.65. The van der Waals surface area contributed by atoms with Crippen molar-refractivity contribution in [3.05, 3.63) is 65.5 Å². The fraction of sp³-hybridized carbons (Fsp3) is 0.350. The number of carbonyl (C=O) groups is 1. The van der Waals surface area contributed by atoms with Gasteiger partial charge in [0, 0.05) is 31.3 Å². The molecule has 1 amide bonds. The van der Waals surface area contributed by atoms with Crippen LogP contribution in [0.5, 0.6) is 5.75 Å². The maximum absolute atomic E-state index is 13.2. The first kappa shape index (κ1) is 17.4. The number of amides is 1. The van der Waals surface area contributed by atoms with E-state index in [9.17, 15) is 14.3 Å². The summed E-state index contributed by atoms with van der Waals surface area (Å²) in [5.74, 6) is 0.256. The third-order valence-electron chi connectivity index (χ3n) is 4.44. The number of hydrogen-bond acceptors (Lipinski definition) is 3. The summed E-state index contributed by atoms with van der Waals surface area (Å²) in [4.78, 5) is 14.5. The van der Waals surface area contributed by atoms with Gasteiger partial charge in [-0.1, -0.05) is 18.2 Å². The second-order valence-electron chi connectivity index (χ2n) is 6.39. The molecule has 25 heavy (non-hydrogen) atoms. The predicted molar refractivity (Wildman–Crippen MR) is 92.9 cm³/mol. The summed E-state index contributed by atoms with van der Waals surface area (Å²) in [5.41, 5.74) is 1.46. The monoisotopic (exact) mass is 343 g/mol. The van der Waals surface area contributed by atoms with E-state index in [1.54, 1.807) is 23.1 Å². The zero-order valence-corrected chi connectivity index (χ0v) is 14.0. The molecule has 1 heterocycles. The highest BCUT2D eigenvalue weighted by atomic mass is 19.1. The van der Waals surface area contributed by atoms with Crippen LogP contribution in [0.25, 0.3) is 0 Å². The number of aliphatic hydroxyl groups is 1. The minimum absolute atomic E-state index is 0.0224. The standard InChI is InChI=1S/C20H22FNO3/c21-18-7-2-8-19(11-18)25-14-15-4-1-6-17(10-15)20(24)22-9-3-5-16(12-22)13-23/h1-2,4,6-8,10-11,16,23H,3,5,9,12-14H2. The van der Waals surface area contributed by atoms with Crippen LogP contribution in [0.1, 0.15) is 28.8 Å². The maximum atomic E-state index is 13.2. The first-order chi connectivity index (χ1) is 12.2. The second-order valence-corrected chi connectivity index (χ2v) is 6.39. The van der Waals surface area contributed by atoms with Gasteiger partial charge in [-0.2, -0.15) is 0 Å². The van der Waals surface area contributed by atoms with Gasteiger partial charge in [0.15, 0.2) is 0 Å². The zero-order valence-electron chi connectivity index (χ0n) is 14.0. The summed E-state index contributed by atoms with van der Waals surface area (Å²) in [6.45, 7) is 1.70. The molecule has 0 bridgehead atoms. The largest absolute Gasteiger partial charge is 0.489 e. The third kappa shape index (κ3) is 4.57. The van der Waals surface area contributed by atoms with Crippen LogP contribution < -0.4 is 4.74 Å². The zero-order chi connectivity index (χ0) is 17.6. The molecule has 1 unspecified atom stereocenters. The highest BCUT2D eigenvalue weighted by Gasteiger charge is 2.24. The quantitative estimate of drug-likeness (QED) is 0.907. The first-order valence-electron chi connectivity index (χ1n) is 8.53. The molecule has 2 aromatic carbocycles. The molecule has 2 aromatic rings. The summed E-state index contributed by atoms with van der Waals surface area (Å²) in [5, 5.41) is 9.32. The van der Waals surface area contributed by atoms with Crippen molar-refractivity contribution in [1.29, 1.82) is 0 Å². The van der Waals surface area contributed by atoms with E-state index in [1.807, 2.05) is 18.2 Å². The van der Waals surface area contributed by atoms with E-state index in [4.69, 9.17) is 4.74 Å². The lowest BCUT2D eigenvalue weighted by Gasteiger charge is -2.32. The number of rotatable bonds is 5. The maximum Gasteiger partial charge on any atom is 0.253 e. The Morgan fingerprint density at radius 2 is 2.08 bits per heavy atom. The lowest BCUT2D eigenvalue weighted by Crippen LogP contribution is -2.40. The van der Waals surface area contributed by atoms with Gasteiger partial charge in [0.25, 0.3) is 5.91 Å². The Hall–Kier alpha value is -2.40. The SMILES string of the molecule is O=C(c1cccc(COc2cccc(F)c2)c1)N1CCCC(CO)C1. The molecule has 0 radical (unpaired) electrons. The Labute approximate surface area is 146 Å². The summed E-state index contributed by atoms with van der Waals surface area (Å²) in [6, 6.07) is 13.3. The number of ether oxygens (including phenoxy) is 1. The van der Waals surface area contributed by atoms with Gasteiger partial charge < -0.3 is 14.7 Å². The average Bonchev–Trinajstić information content (AvgIpc) is 2.66. The van der Waals surface area contributed by atoms with Crippen molar-refractivity contribution in [1.82, 2.24) is 4.90 Å². The molecule has 4 nitrogen and oxygen atoms in total. The Morgan fingerprint density at radius 3 is 2.88 bits per heavy atom. The second kappa shape index (κ2) is 8.12. The van der Waals surface area contributed by atoms with Gasteiger partial charge in [0.2, 0.25) is 0 Å². The molecule has 132 valence electrons. The summed E-state index contributed by atoms with van der Waals surface area (Å²) in [6.07, 6.45) is 1.88. The Kier molecular flexibility index (Phi) is 5.66. The van der Waals surface area contributed by atoms with E-state index in [-0.39, 0.29) is 30.9 Å². The molecule has 1 N–H and O–H groups in total. The van der Waals surface area contributed by atoms with Crippen LogP contribution >= 0.6 is 0 Å². The van der Waals surface area contributed by atoms with E-state index < -0.39 is 0 Å². The van der Waals surface area contributed by atoms with E-state index in [0.29, 0.717) is 17.9 Å². The molecule has 1 saturated heterocycles. The topological polar surface area (TPSA) is 49.8 Å². The van der Waals surface area contributed by atoms with Crippen molar-refractivity contribution in [2.75, 3.05) is 19.7 Å². The normalized spacial score (nSPS) is 17.4. The van der Waals surface area contributed by atoms with Gasteiger partial charge in [-0.25, -0.2) is 4.39 Å². The number of benzene rings is 2. The van der Waals surface area contributed by atoms with Gasteiger partial charge in [0.1, 0.15) is 18.2 Å². The van der Waals surface area contributed by atoms with Crippen molar-refractivity contribution in [2.45, 2.75) is 19.4 Å². The number of carbonyl (C=O) groups excluding carboxylic acids is 1. The summed E-state index contributed by atoms with van der Waals surface area (Å²) in [7, 11) is 0. The molecule has 1 fully saturated rings. The molecule has 5 heteroatoms. The molecule has 0 aromatic heterocycles. The van der Waals surface area contributed by atoms with Gasteiger partial charge in [0.05, 0.1) is 0 Å². The lowest BCUT2D eigenvalue weighted by atomic mass is 9.98. The molecular weight excluding hydrogens is 321 g/mol. The van der Waals surface area contributed by atoms with Crippen molar-refractivity contribution in [2.24, 2.45) is 5.92 Å². The minimum Gasteiger partial charge on any atom is -0.489 e. The van der Waals surface area contributed by atoms with Crippen molar-refractivity contribution in [3.8, 4) is 5.75 Å². The van der Waals surface area contributed by atoms with Gasteiger partial charge in [-0.05, 0) is 48.6 Å². The average molecular weight is 343 g/mol. The number of aliphatic hydroxyl groups excluding tert-OH is 1. The van der Waals surface area contributed by atoms with Crippen molar-refractivity contribution < 1.29 is 19.0 Å². The first-order valence-corrected chi connectivity index (χ1v) is 8.53. The fourth-order valence-corrected chi connectivity index (χ4v) is 3.10. The number of halogens is 1. The highest BCUT2D eigenvalue weighted by molar-refractivity contribution is 5.94. The van der Waals surface area contributed by atoms with Crippen LogP contribution in [-0.2, 0) is 6.61 Å². The smallest absolute Gasteiger partial charge is 0.253 e. The van der Waals surface area contributed by atoms with Crippen molar-refractivity contribution >= 4 is 5.91 Å². The summed E-state index contributed by atoms with van der Waals surface area (Å²) < 4.78 is 18.8. The Bertz CT molecular complexity index is 734.